The van der Waals surface area contributed by atoms with E-state index in [0.29, 0.717) is 31.3 Å². The summed E-state index contributed by atoms with van der Waals surface area (Å²) in [6.07, 6.45) is 3.31. The molecule has 2 rings (SSSR count). The molecule has 5 nitrogen and oxygen atoms in total. The van der Waals surface area contributed by atoms with Gasteiger partial charge in [0.25, 0.3) is 0 Å². The van der Waals surface area contributed by atoms with E-state index in [-0.39, 0.29) is 5.91 Å². The second kappa shape index (κ2) is 10.3. The molecule has 0 aliphatic rings. The van der Waals surface area contributed by atoms with Gasteiger partial charge in [0.2, 0.25) is 5.91 Å². The van der Waals surface area contributed by atoms with Crippen LogP contribution in [0.3, 0.4) is 0 Å². The van der Waals surface area contributed by atoms with Crippen LogP contribution in [0.4, 0.5) is 0 Å². The predicted octanol–water partition coefficient (Wildman–Crippen LogP) is 3.95. The molecule has 0 heterocycles. The molecule has 0 spiro atoms. The van der Waals surface area contributed by atoms with Crippen molar-refractivity contribution in [2.45, 2.75) is 13.8 Å². The van der Waals surface area contributed by atoms with Crippen LogP contribution < -0.4 is 14.2 Å². The van der Waals surface area contributed by atoms with Crippen LogP contribution in [0.2, 0.25) is 0 Å². The van der Waals surface area contributed by atoms with Crippen molar-refractivity contribution >= 4 is 12.0 Å². The van der Waals surface area contributed by atoms with Gasteiger partial charge in [0.1, 0.15) is 12.4 Å². The van der Waals surface area contributed by atoms with E-state index in [0.717, 1.165) is 11.3 Å². The zero-order valence-corrected chi connectivity index (χ0v) is 16.4. The summed E-state index contributed by atoms with van der Waals surface area (Å²) in [5.41, 5.74) is 2.06. The number of methoxy groups -OCH3 is 1. The first kappa shape index (κ1) is 20.4. The van der Waals surface area contributed by atoms with Crippen molar-refractivity contribution in [2.75, 3.05) is 33.9 Å². The molecule has 0 aliphatic carbocycles. The summed E-state index contributed by atoms with van der Waals surface area (Å²) in [6.45, 7) is 5.44. The lowest BCUT2D eigenvalue weighted by Crippen LogP contribution is -2.29. The van der Waals surface area contributed by atoms with Crippen LogP contribution in [-0.4, -0.2) is 44.7 Å². The van der Waals surface area contributed by atoms with Gasteiger partial charge < -0.3 is 19.1 Å². The lowest BCUT2D eigenvalue weighted by atomic mass is 10.2. The molecule has 0 aliphatic heterocycles. The number of nitrogens with zero attached hydrogens (tertiary/aromatic N) is 1. The Labute approximate surface area is 161 Å². The minimum absolute atomic E-state index is 0.0868. The van der Waals surface area contributed by atoms with E-state index in [1.807, 2.05) is 56.3 Å². The first-order valence-corrected chi connectivity index (χ1v) is 8.97. The highest BCUT2D eigenvalue weighted by Gasteiger charge is 2.07. The number of aryl methyl sites for hydroxylation is 1. The van der Waals surface area contributed by atoms with Crippen LogP contribution in [0.1, 0.15) is 18.1 Å². The average Bonchev–Trinajstić information content (AvgIpc) is 2.68. The van der Waals surface area contributed by atoms with Crippen LogP contribution in [0.15, 0.2) is 48.5 Å². The molecule has 5 heteroatoms. The Hall–Kier alpha value is -2.95. The van der Waals surface area contributed by atoms with Crippen LogP contribution >= 0.6 is 0 Å². The number of likely N-dealkylation sites (N-methyl/N-ethyl adjacent to an activating group) is 1. The van der Waals surface area contributed by atoms with Gasteiger partial charge in [-0.3, -0.25) is 4.79 Å². The van der Waals surface area contributed by atoms with Gasteiger partial charge in [0.15, 0.2) is 11.5 Å². The van der Waals surface area contributed by atoms with Crippen molar-refractivity contribution in [3.05, 3.63) is 59.7 Å². The smallest absolute Gasteiger partial charge is 0.246 e. The fourth-order valence-electron chi connectivity index (χ4n) is 2.41. The molecular formula is C22H27NO4. The summed E-state index contributed by atoms with van der Waals surface area (Å²) in [5.74, 6) is 2.05. The number of ether oxygens (including phenoxy) is 3. The summed E-state index contributed by atoms with van der Waals surface area (Å²) >= 11 is 0. The Kier molecular flexibility index (Phi) is 7.74. The molecule has 2 aromatic rings. The largest absolute Gasteiger partial charge is 0.493 e. The number of hydrogen-bond donors (Lipinski definition) is 0. The number of carbonyl (C=O) groups is 1. The molecule has 0 saturated carbocycles. The number of rotatable bonds is 9. The first-order valence-electron chi connectivity index (χ1n) is 8.97. The third kappa shape index (κ3) is 6.37. The van der Waals surface area contributed by atoms with Crippen LogP contribution in [0, 0.1) is 6.92 Å². The third-order valence-corrected chi connectivity index (χ3v) is 4.00. The van der Waals surface area contributed by atoms with Crippen LogP contribution in [-0.2, 0) is 4.79 Å². The Morgan fingerprint density at radius 1 is 1.07 bits per heavy atom. The fourth-order valence-corrected chi connectivity index (χ4v) is 2.41. The van der Waals surface area contributed by atoms with E-state index in [1.54, 1.807) is 31.2 Å². The van der Waals surface area contributed by atoms with Crippen molar-refractivity contribution in [3.8, 4) is 17.2 Å². The minimum atomic E-state index is -0.0868. The Morgan fingerprint density at radius 3 is 2.48 bits per heavy atom. The maximum atomic E-state index is 12.3. The highest BCUT2D eigenvalue weighted by atomic mass is 16.5. The van der Waals surface area contributed by atoms with Gasteiger partial charge in [-0.05, 0) is 49.8 Å². The SMILES string of the molecule is CCOc1cc(/C=C/C(=O)N(C)CCOc2ccc(C)cc2)ccc1OC. The van der Waals surface area contributed by atoms with Gasteiger partial charge in [-0.2, -0.15) is 0 Å². The summed E-state index contributed by atoms with van der Waals surface area (Å²) < 4.78 is 16.5. The maximum Gasteiger partial charge on any atom is 0.246 e. The highest BCUT2D eigenvalue weighted by molar-refractivity contribution is 5.91. The molecule has 0 fully saturated rings. The molecule has 0 aromatic heterocycles. The molecule has 1 amide bonds. The summed E-state index contributed by atoms with van der Waals surface area (Å²) in [4.78, 5) is 13.9. The standard InChI is InChI=1S/C22H27NO4/c1-5-26-21-16-18(8-12-20(21)25-4)9-13-22(24)23(3)14-15-27-19-10-6-17(2)7-11-19/h6-13,16H,5,14-15H2,1-4H3/b13-9+. The van der Waals surface area contributed by atoms with E-state index in [9.17, 15) is 4.79 Å². The molecule has 0 bridgehead atoms. The van der Waals surface area contributed by atoms with Crippen molar-refractivity contribution in [1.29, 1.82) is 0 Å². The molecule has 0 saturated heterocycles. The van der Waals surface area contributed by atoms with Gasteiger partial charge in [-0.15, -0.1) is 0 Å². The lowest BCUT2D eigenvalue weighted by Gasteiger charge is -2.15. The van der Waals surface area contributed by atoms with E-state index in [2.05, 4.69) is 0 Å². The number of carbonyl (C=O) groups excluding carboxylic acids is 1. The number of benzene rings is 2. The Balaban J connectivity index is 1.87. The summed E-state index contributed by atoms with van der Waals surface area (Å²) in [6, 6.07) is 13.4. The molecule has 27 heavy (non-hydrogen) atoms. The molecule has 2 aromatic carbocycles. The van der Waals surface area contributed by atoms with E-state index < -0.39 is 0 Å². The van der Waals surface area contributed by atoms with Crippen molar-refractivity contribution < 1.29 is 19.0 Å². The van der Waals surface area contributed by atoms with E-state index in [1.165, 1.54) is 5.56 Å². The number of amides is 1. The van der Waals surface area contributed by atoms with Crippen LogP contribution in [0.25, 0.3) is 6.08 Å². The van der Waals surface area contributed by atoms with Gasteiger partial charge >= 0.3 is 0 Å². The van der Waals surface area contributed by atoms with Gasteiger partial charge in [0, 0.05) is 13.1 Å². The van der Waals surface area contributed by atoms with Gasteiger partial charge in [-0.25, -0.2) is 0 Å². The zero-order valence-electron chi connectivity index (χ0n) is 16.4. The van der Waals surface area contributed by atoms with Crippen LogP contribution in [0.5, 0.6) is 17.2 Å². The van der Waals surface area contributed by atoms with E-state index in [4.69, 9.17) is 14.2 Å². The zero-order chi connectivity index (χ0) is 19.6. The molecule has 0 unspecified atom stereocenters. The monoisotopic (exact) mass is 369 g/mol. The maximum absolute atomic E-state index is 12.3. The second-order valence-corrected chi connectivity index (χ2v) is 6.10. The molecule has 0 atom stereocenters. The second-order valence-electron chi connectivity index (χ2n) is 6.10. The van der Waals surface area contributed by atoms with Crippen molar-refractivity contribution in [2.24, 2.45) is 0 Å². The predicted molar refractivity (Wildman–Crippen MR) is 108 cm³/mol. The molecular weight excluding hydrogens is 342 g/mol. The number of hydrogen-bond acceptors (Lipinski definition) is 4. The summed E-state index contributed by atoms with van der Waals surface area (Å²) in [5, 5.41) is 0. The normalized spacial score (nSPS) is 10.7. The Morgan fingerprint density at radius 2 is 1.81 bits per heavy atom. The Bertz CT molecular complexity index is 768. The van der Waals surface area contributed by atoms with E-state index >= 15 is 0 Å². The fraction of sp³-hybridized carbons (Fsp3) is 0.318. The quantitative estimate of drug-likeness (QED) is 0.628. The van der Waals surface area contributed by atoms with Crippen molar-refractivity contribution in [3.63, 3.8) is 0 Å². The van der Waals surface area contributed by atoms with Gasteiger partial charge in [0.05, 0.1) is 20.3 Å². The summed E-state index contributed by atoms with van der Waals surface area (Å²) in [7, 11) is 3.36. The topological polar surface area (TPSA) is 48.0 Å². The van der Waals surface area contributed by atoms with Crippen molar-refractivity contribution in [1.82, 2.24) is 4.90 Å². The average molecular weight is 369 g/mol. The highest BCUT2D eigenvalue weighted by Crippen LogP contribution is 2.28. The molecule has 0 N–H and O–H groups in total. The third-order valence-electron chi connectivity index (χ3n) is 4.00. The first-order chi connectivity index (χ1) is 13.0. The molecule has 144 valence electrons. The molecule has 0 radical (unpaired) electrons. The van der Waals surface area contributed by atoms with Gasteiger partial charge in [-0.1, -0.05) is 23.8 Å². The minimum Gasteiger partial charge on any atom is -0.493 e. The lowest BCUT2D eigenvalue weighted by molar-refractivity contribution is -0.125.